The first-order valence-corrected chi connectivity index (χ1v) is 12.8. The second-order valence-electron chi connectivity index (χ2n) is 9.53. The van der Waals surface area contributed by atoms with Gasteiger partial charge >= 0.3 is 0 Å². The van der Waals surface area contributed by atoms with E-state index in [9.17, 15) is 9.65 Å². The van der Waals surface area contributed by atoms with Gasteiger partial charge in [0.05, 0.1) is 23.5 Å². The number of aromatic nitrogens is 2. The molecule has 8 heteroatoms. The summed E-state index contributed by atoms with van der Waals surface area (Å²) in [7, 11) is 0. The van der Waals surface area contributed by atoms with Gasteiger partial charge in [-0.1, -0.05) is 18.2 Å². The summed E-state index contributed by atoms with van der Waals surface area (Å²) in [5.74, 6) is 1.32. The zero-order chi connectivity index (χ0) is 25.6. The van der Waals surface area contributed by atoms with Crippen molar-refractivity contribution in [1.29, 1.82) is 10.7 Å². The molecule has 1 unspecified atom stereocenters. The molecule has 0 saturated carbocycles. The highest BCUT2D eigenvalue weighted by molar-refractivity contribution is 5.94. The quantitative estimate of drug-likeness (QED) is 0.321. The van der Waals surface area contributed by atoms with Crippen molar-refractivity contribution >= 4 is 11.9 Å². The Bertz CT molecular complexity index is 1320. The topological polar surface area (TPSA) is 92.0 Å². The summed E-state index contributed by atoms with van der Waals surface area (Å²) < 4.78 is 19.7. The first-order valence-electron chi connectivity index (χ1n) is 12.8. The van der Waals surface area contributed by atoms with Crippen molar-refractivity contribution in [2.24, 2.45) is 0 Å². The molecule has 2 fully saturated rings. The van der Waals surface area contributed by atoms with Crippen LogP contribution in [-0.4, -0.2) is 58.4 Å². The van der Waals surface area contributed by atoms with Crippen molar-refractivity contribution in [2.75, 3.05) is 32.8 Å². The number of nitriles is 1. The van der Waals surface area contributed by atoms with E-state index in [1.807, 2.05) is 23.1 Å². The molecule has 2 aliphatic heterocycles. The maximum absolute atomic E-state index is 13.7. The first-order chi connectivity index (χ1) is 18.1. The minimum atomic E-state index is -0.252. The van der Waals surface area contributed by atoms with Gasteiger partial charge in [0, 0.05) is 18.7 Å². The Morgan fingerprint density at radius 1 is 1.19 bits per heavy atom. The number of hydrogen-bond acceptors (Lipinski definition) is 5. The van der Waals surface area contributed by atoms with Crippen LogP contribution in [0.1, 0.15) is 48.7 Å². The molecule has 190 valence electrons. The van der Waals surface area contributed by atoms with Gasteiger partial charge in [-0.15, -0.1) is 0 Å². The Hall–Kier alpha value is -3.96. The van der Waals surface area contributed by atoms with Gasteiger partial charge < -0.3 is 14.6 Å². The lowest BCUT2D eigenvalue weighted by atomic mass is 10.0. The Morgan fingerprint density at radius 3 is 2.86 bits per heavy atom. The summed E-state index contributed by atoms with van der Waals surface area (Å²) in [5.41, 5.74) is 3.09. The van der Waals surface area contributed by atoms with Gasteiger partial charge in [-0.3, -0.25) is 10.3 Å². The average molecular weight is 499 g/mol. The lowest BCUT2D eigenvalue weighted by Crippen LogP contribution is -2.28. The highest BCUT2D eigenvalue weighted by Crippen LogP contribution is 2.32. The van der Waals surface area contributed by atoms with Crippen LogP contribution < -0.4 is 4.74 Å². The molecule has 2 saturated heterocycles. The van der Waals surface area contributed by atoms with Crippen LogP contribution in [0, 0.1) is 22.6 Å². The zero-order valence-electron chi connectivity index (χ0n) is 20.8. The maximum Gasteiger partial charge on any atom is 0.137 e. The number of ether oxygens (including phenoxy) is 1. The molecule has 1 aromatic heterocycles. The monoisotopic (exact) mass is 498 g/mol. The molecule has 7 nitrogen and oxygen atoms in total. The maximum atomic E-state index is 13.7. The van der Waals surface area contributed by atoms with Gasteiger partial charge in [0.2, 0.25) is 0 Å². The van der Waals surface area contributed by atoms with E-state index in [1.165, 1.54) is 18.9 Å². The van der Waals surface area contributed by atoms with Crippen LogP contribution in [0.15, 0.2) is 54.7 Å². The van der Waals surface area contributed by atoms with Crippen molar-refractivity contribution in [1.82, 2.24) is 19.8 Å². The van der Waals surface area contributed by atoms with Crippen molar-refractivity contribution in [3.05, 3.63) is 77.5 Å². The number of imidazole rings is 1. The lowest BCUT2D eigenvalue weighted by Gasteiger charge is -2.26. The van der Waals surface area contributed by atoms with Crippen LogP contribution >= 0.6 is 0 Å². The van der Waals surface area contributed by atoms with Crippen LogP contribution in [0.5, 0.6) is 5.75 Å². The van der Waals surface area contributed by atoms with Crippen LogP contribution in [0.4, 0.5) is 4.39 Å². The van der Waals surface area contributed by atoms with Gasteiger partial charge in [0.15, 0.2) is 0 Å². The van der Waals surface area contributed by atoms with E-state index in [1.54, 1.807) is 36.5 Å². The molecule has 0 radical (unpaired) electrons. The Balaban J connectivity index is 1.24. The summed E-state index contributed by atoms with van der Waals surface area (Å²) in [5, 5.41) is 18.1. The number of aromatic amines is 1. The highest BCUT2D eigenvalue weighted by atomic mass is 19.1. The molecule has 37 heavy (non-hydrogen) atoms. The number of nitrogens with zero attached hydrogens (tertiary/aromatic N) is 4. The standard InChI is InChI=1S/C29H31FN6O/c30-24-6-3-5-22(17-24)26-7-4-14-36(26)28(32)10-11-29-33-20-25(34-29)21-8-9-23(19-31)27(18-21)37-16-15-35-12-1-2-13-35/h3,5-6,8-11,17-18,20,26,32H,1-2,4,7,12-16H2,(H,33,34). The fourth-order valence-electron chi connectivity index (χ4n) is 5.13. The Labute approximate surface area is 216 Å². The van der Waals surface area contributed by atoms with Gasteiger partial charge in [0.1, 0.15) is 35.9 Å². The van der Waals surface area contributed by atoms with E-state index >= 15 is 0 Å². The summed E-state index contributed by atoms with van der Waals surface area (Å²) in [4.78, 5) is 12.1. The minimum Gasteiger partial charge on any atom is -0.491 e. The fourth-order valence-corrected chi connectivity index (χ4v) is 5.13. The van der Waals surface area contributed by atoms with Gasteiger partial charge in [-0.25, -0.2) is 9.37 Å². The third-order valence-electron chi connectivity index (χ3n) is 7.07. The summed E-state index contributed by atoms with van der Waals surface area (Å²) in [6, 6.07) is 14.4. The lowest BCUT2D eigenvalue weighted by molar-refractivity contribution is 0.237. The molecule has 0 aliphatic carbocycles. The molecule has 2 N–H and O–H groups in total. The summed E-state index contributed by atoms with van der Waals surface area (Å²) >= 11 is 0. The number of rotatable bonds is 8. The fraction of sp³-hybridized carbons (Fsp3) is 0.345. The Morgan fingerprint density at radius 2 is 2.05 bits per heavy atom. The number of benzene rings is 2. The second-order valence-corrected chi connectivity index (χ2v) is 9.53. The average Bonchev–Trinajstić information content (AvgIpc) is 3.69. The number of halogens is 1. The smallest absolute Gasteiger partial charge is 0.137 e. The number of amidine groups is 1. The molecule has 2 aromatic carbocycles. The van der Waals surface area contributed by atoms with Crippen LogP contribution in [-0.2, 0) is 0 Å². The normalized spacial score (nSPS) is 17.9. The molecule has 1 atom stereocenters. The predicted octanol–water partition coefficient (Wildman–Crippen LogP) is 5.39. The summed E-state index contributed by atoms with van der Waals surface area (Å²) in [6.07, 6.45) is 9.58. The number of nitrogens with one attached hydrogen (secondary N) is 2. The molecular formula is C29H31FN6O. The van der Waals surface area contributed by atoms with Crippen molar-refractivity contribution < 1.29 is 9.13 Å². The van der Waals surface area contributed by atoms with E-state index < -0.39 is 0 Å². The van der Waals surface area contributed by atoms with Crippen LogP contribution in [0.25, 0.3) is 17.3 Å². The largest absolute Gasteiger partial charge is 0.491 e. The number of likely N-dealkylation sites (tertiary alicyclic amines) is 2. The van der Waals surface area contributed by atoms with E-state index in [2.05, 4.69) is 20.9 Å². The minimum absolute atomic E-state index is 0.00236. The van der Waals surface area contributed by atoms with Gasteiger partial charge in [-0.2, -0.15) is 5.26 Å². The third kappa shape index (κ3) is 5.89. The van der Waals surface area contributed by atoms with Gasteiger partial charge in [-0.05, 0) is 80.8 Å². The van der Waals surface area contributed by atoms with Crippen molar-refractivity contribution in [2.45, 2.75) is 31.7 Å². The molecule has 0 spiro atoms. The van der Waals surface area contributed by atoms with Crippen molar-refractivity contribution in [3.63, 3.8) is 0 Å². The Kier molecular flexibility index (Phi) is 7.62. The van der Waals surface area contributed by atoms with Crippen LogP contribution in [0.3, 0.4) is 0 Å². The van der Waals surface area contributed by atoms with Crippen molar-refractivity contribution in [3.8, 4) is 23.1 Å². The van der Waals surface area contributed by atoms with Gasteiger partial charge in [0.25, 0.3) is 0 Å². The molecular weight excluding hydrogens is 467 g/mol. The number of hydrogen-bond donors (Lipinski definition) is 2. The van der Waals surface area contributed by atoms with E-state index in [0.717, 1.165) is 55.8 Å². The van der Waals surface area contributed by atoms with E-state index in [0.29, 0.717) is 29.6 Å². The third-order valence-corrected chi connectivity index (χ3v) is 7.07. The van der Waals surface area contributed by atoms with E-state index in [4.69, 9.17) is 10.1 Å². The molecule has 2 aliphatic rings. The molecule has 3 aromatic rings. The SMILES string of the molecule is N#Cc1ccc(-c2cnc(C=CC(=N)N3CCCC3c3cccc(F)c3)[nH]2)cc1OCCN1CCCC1. The van der Waals surface area contributed by atoms with Crippen LogP contribution in [0.2, 0.25) is 0 Å². The first kappa shape index (κ1) is 24.7. The summed E-state index contributed by atoms with van der Waals surface area (Å²) in [6.45, 7) is 4.39. The molecule has 5 rings (SSSR count). The second kappa shape index (κ2) is 11.4. The zero-order valence-corrected chi connectivity index (χ0v) is 20.8. The predicted molar refractivity (Wildman–Crippen MR) is 142 cm³/mol. The molecule has 3 heterocycles. The van der Waals surface area contributed by atoms with E-state index in [-0.39, 0.29) is 11.9 Å². The highest BCUT2D eigenvalue weighted by Gasteiger charge is 2.27. The molecule has 0 amide bonds. The molecule has 0 bridgehead atoms. The number of H-pyrrole nitrogens is 1.